The van der Waals surface area contributed by atoms with Gasteiger partial charge in [0.1, 0.15) is 0 Å². The van der Waals surface area contributed by atoms with Crippen molar-refractivity contribution in [3.05, 3.63) is 16.6 Å². The lowest BCUT2D eigenvalue weighted by Crippen LogP contribution is -2.47. The van der Waals surface area contributed by atoms with E-state index in [1.165, 1.54) is 15.6 Å². The molecule has 0 aliphatic carbocycles. The lowest BCUT2D eigenvalue weighted by molar-refractivity contribution is 0.269. The summed E-state index contributed by atoms with van der Waals surface area (Å²) in [6.07, 6.45) is 2.52. The number of hydrogen-bond acceptors (Lipinski definition) is 5. The molecule has 2 heterocycles. The predicted molar refractivity (Wildman–Crippen MR) is 76.1 cm³/mol. The van der Waals surface area contributed by atoms with Gasteiger partial charge < -0.3 is 5.73 Å². The molecular weight excluding hydrogens is 284 g/mol. The summed E-state index contributed by atoms with van der Waals surface area (Å²) in [5.41, 5.74) is 8.30. The molecule has 0 bridgehead atoms. The van der Waals surface area contributed by atoms with E-state index in [-0.39, 0.29) is 5.92 Å². The lowest BCUT2D eigenvalue weighted by Gasteiger charge is -2.31. The smallest absolute Gasteiger partial charge is 0.279 e. The number of aromatic nitrogens is 1. The fraction of sp³-hybridized carbons (Fsp3) is 0.727. The highest BCUT2D eigenvalue weighted by Gasteiger charge is 2.27. The molecule has 1 fully saturated rings. The molecule has 1 saturated heterocycles. The molecule has 1 aromatic rings. The third-order valence-electron chi connectivity index (χ3n) is 3.30. The van der Waals surface area contributed by atoms with Crippen LogP contribution in [-0.2, 0) is 16.6 Å². The van der Waals surface area contributed by atoms with Gasteiger partial charge in [-0.15, -0.1) is 11.3 Å². The van der Waals surface area contributed by atoms with Gasteiger partial charge in [-0.05, 0) is 25.3 Å². The first-order valence-corrected chi connectivity index (χ1v) is 8.82. The molecule has 1 atom stereocenters. The monoisotopic (exact) mass is 304 g/mol. The molecule has 0 amide bonds. The molecule has 1 unspecified atom stereocenters. The lowest BCUT2D eigenvalue weighted by atomic mass is 10.0. The van der Waals surface area contributed by atoms with E-state index >= 15 is 0 Å². The van der Waals surface area contributed by atoms with Gasteiger partial charge in [0.15, 0.2) is 0 Å². The van der Waals surface area contributed by atoms with E-state index in [0.29, 0.717) is 32.6 Å². The van der Waals surface area contributed by atoms with Crippen molar-refractivity contribution < 1.29 is 8.42 Å². The van der Waals surface area contributed by atoms with Crippen LogP contribution in [0.25, 0.3) is 0 Å². The van der Waals surface area contributed by atoms with Crippen molar-refractivity contribution >= 4 is 21.5 Å². The predicted octanol–water partition coefficient (Wildman–Crippen LogP) is 0.191. The molecule has 0 aromatic carbocycles. The van der Waals surface area contributed by atoms with Crippen molar-refractivity contribution in [3.8, 4) is 0 Å². The minimum atomic E-state index is -3.38. The summed E-state index contributed by atoms with van der Waals surface area (Å²) in [6.45, 7) is 2.05. The Hall–Kier alpha value is -0.540. The van der Waals surface area contributed by atoms with Gasteiger partial charge in [-0.1, -0.05) is 0 Å². The number of nitrogens with two attached hydrogens (primary N) is 1. The highest BCUT2D eigenvalue weighted by atomic mass is 32.2. The Morgan fingerprint density at radius 3 is 3.11 bits per heavy atom. The third-order valence-corrected chi connectivity index (χ3v) is 5.52. The maximum atomic E-state index is 12.1. The van der Waals surface area contributed by atoms with E-state index in [9.17, 15) is 8.42 Å². The second-order valence-corrected chi connectivity index (χ2v) is 7.21. The quantitative estimate of drug-likeness (QED) is 0.785. The van der Waals surface area contributed by atoms with E-state index in [0.717, 1.165) is 18.5 Å². The van der Waals surface area contributed by atoms with Crippen molar-refractivity contribution in [1.29, 1.82) is 0 Å². The first-order valence-electron chi connectivity index (χ1n) is 6.43. The normalized spacial score (nSPS) is 21.6. The third kappa shape index (κ3) is 4.22. The number of rotatable bonds is 6. The average molecular weight is 304 g/mol. The summed E-state index contributed by atoms with van der Waals surface area (Å²) < 4.78 is 28.4. The van der Waals surface area contributed by atoms with Crippen molar-refractivity contribution in [3.63, 3.8) is 0 Å². The second kappa shape index (κ2) is 6.76. The molecule has 1 aliphatic rings. The van der Waals surface area contributed by atoms with Gasteiger partial charge in [-0.25, -0.2) is 9.71 Å². The first-order chi connectivity index (χ1) is 9.12. The van der Waals surface area contributed by atoms with Crippen LogP contribution in [0.4, 0.5) is 0 Å². The number of piperidine rings is 1. The number of nitrogens with one attached hydrogen (secondary N) is 1. The molecule has 8 heteroatoms. The fourth-order valence-electron chi connectivity index (χ4n) is 2.20. The van der Waals surface area contributed by atoms with Crippen LogP contribution in [0.3, 0.4) is 0 Å². The zero-order valence-electron chi connectivity index (χ0n) is 10.8. The van der Waals surface area contributed by atoms with Crippen molar-refractivity contribution in [2.24, 2.45) is 11.7 Å². The molecule has 0 radical (unpaired) electrons. The zero-order chi connectivity index (χ0) is 13.7. The molecule has 108 valence electrons. The molecule has 2 rings (SSSR count). The van der Waals surface area contributed by atoms with Crippen LogP contribution in [0.1, 0.15) is 18.5 Å². The first kappa shape index (κ1) is 14.9. The second-order valence-electron chi connectivity index (χ2n) is 4.73. The van der Waals surface area contributed by atoms with Crippen LogP contribution in [0, 0.1) is 5.92 Å². The molecular formula is C11H20N4O2S2. The standard InChI is InChI=1S/C11H20N4O2S2/c12-6-10-2-1-5-15(7-10)19(16,17)14-4-3-11-8-18-9-13-11/h8-10,14H,1-7,12H2. The summed E-state index contributed by atoms with van der Waals surface area (Å²) in [6, 6.07) is 0. The van der Waals surface area contributed by atoms with Gasteiger partial charge in [0.25, 0.3) is 10.2 Å². The summed E-state index contributed by atoms with van der Waals surface area (Å²) in [7, 11) is -3.38. The van der Waals surface area contributed by atoms with Crippen molar-refractivity contribution in [1.82, 2.24) is 14.0 Å². The van der Waals surface area contributed by atoms with Gasteiger partial charge in [0, 0.05) is 31.4 Å². The van der Waals surface area contributed by atoms with Crippen molar-refractivity contribution in [2.45, 2.75) is 19.3 Å². The van der Waals surface area contributed by atoms with Crippen LogP contribution in [0.15, 0.2) is 10.9 Å². The van der Waals surface area contributed by atoms with Crippen LogP contribution >= 0.6 is 11.3 Å². The van der Waals surface area contributed by atoms with Crippen LogP contribution in [0.2, 0.25) is 0 Å². The Labute approximate surface area is 118 Å². The van der Waals surface area contributed by atoms with Crippen LogP contribution in [0.5, 0.6) is 0 Å². The number of nitrogens with zero attached hydrogens (tertiary/aromatic N) is 2. The van der Waals surface area contributed by atoms with Gasteiger partial charge in [-0.3, -0.25) is 0 Å². The molecule has 1 aromatic heterocycles. The van der Waals surface area contributed by atoms with E-state index in [1.54, 1.807) is 5.51 Å². The Balaban J connectivity index is 1.83. The van der Waals surface area contributed by atoms with Gasteiger partial charge in [0.2, 0.25) is 0 Å². The Kier molecular flexibility index (Phi) is 5.28. The van der Waals surface area contributed by atoms with Gasteiger partial charge >= 0.3 is 0 Å². The zero-order valence-corrected chi connectivity index (χ0v) is 12.4. The fourth-order valence-corrected chi connectivity index (χ4v) is 4.11. The van der Waals surface area contributed by atoms with E-state index < -0.39 is 10.2 Å². The minimum absolute atomic E-state index is 0.281. The van der Waals surface area contributed by atoms with Gasteiger partial charge in [-0.2, -0.15) is 12.7 Å². The Morgan fingerprint density at radius 1 is 1.58 bits per heavy atom. The van der Waals surface area contributed by atoms with E-state index in [1.807, 2.05) is 5.38 Å². The summed E-state index contributed by atoms with van der Waals surface area (Å²) >= 11 is 1.52. The Bertz CT molecular complexity index is 475. The summed E-state index contributed by atoms with van der Waals surface area (Å²) in [5, 5.41) is 1.93. The maximum Gasteiger partial charge on any atom is 0.279 e. The summed E-state index contributed by atoms with van der Waals surface area (Å²) in [4.78, 5) is 4.13. The molecule has 0 spiro atoms. The number of thiazole rings is 1. The average Bonchev–Trinajstić information content (AvgIpc) is 2.92. The van der Waals surface area contributed by atoms with E-state index in [4.69, 9.17) is 5.73 Å². The van der Waals surface area contributed by atoms with Crippen LogP contribution in [-0.4, -0.2) is 43.9 Å². The molecule has 1 aliphatic heterocycles. The number of hydrogen-bond donors (Lipinski definition) is 2. The van der Waals surface area contributed by atoms with E-state index in [2.05, 4.69) is 9.71 Å². The Morgan fingerprint density at radius 2 is 2.42 bits per heavy atom. The largest absolute Gasteiger partial charge is 0.330 e. The van der Waals surface area contributed by atoms with Crippen molar-refractivity contribution in [2.75, 3.05) is 26.2 Å². The minimum Gasteiger partial charge on any atom is -0.330 e. The highest BCUT2D eigenvalue weighted by Crippen LogP contribution is 2.17. The summed E-state index contributed by atoms with van der Waals surface area (Å²) in [5.74, 6) is 0.281. The highest BCUT2D eigenvalue weighted by molar-refractivity contribution is 7.87. The molecule has 0 saturated carbocycles. The molecule has 6 nitrogen and oxygen atoms in total. The topological polar surface area (TPSA) is 88.3 Å². The SMILES string of the molecule is NCC1CCCN(S(=O)(=O)NCCc2cscn2)C1. The van der Waals surface area contributed by atoms with Gasteiger partial charge in [0.05, 0.1) is 11.2 Å². The maximum absolute atomic E-state index is 12.1. The molecule has 3 N–H and O–H groups in total. The van der Waals surface area contributed by atoms with Crippen LogP contribution < -0.4 is 10.5 Å². The molecule has 19 heavy (non-hydrogen) atoms.